The monoisotopic (exact) mass is 249 g/mol. The Morgan fingerprint density at radius 1 is 1.29 bits per heavy atom. The highest BCUT2D eigenvalue weighted by molar-refractivity contribution is 6.30. The van der Waals surface area contributed by atoms with Crippen LogP contribution in [0.2, 0.25) is 5.02 Å². The number of halogens is 1. The lowest BCUT2D eigenvalue weighted by Gasteiger charge is -2.10. The smallest absolute Gasteiger partial charge is 0.266 e. The molecular formula is C12H12ClN3O. The van der Waals surface area contributed by atoms with Gasteiger partial charge in [-0.15, -0.1) is 0 Å². The molecule has 0 aliphatic heterocycles. The number of rotatable bonds is 2. The molecule has 0 saturated heterocycles. The number of carbonyl (C=O) groups is 1. The van der Waals surface area contributed by atoms with Crippen LogP contribution in [-0.2, 0) is 0 Å². The minimum Gasteiger partial charge on any atom is -0.266 e. The Morgan fingerprint density at radius 2 is 1.94 bits per heavy atom. The molecule has 2 rings (SSSR count). The fourth-order valence-electron chi connectivity index (χ4n) is 1.53. The molecule has 2 aromatic rings. The highest BCUT2D eigenvalue weighted by Crippen LogP contribution is 2.09. The summed E-state index contributed by atoms with van der Waals surface area (Å²) >= 11 is 5.81. The second-order valence-electron chi connectivity index (χ2n) is 3.75. The maximum Gasteiger partial charge on any atom is 0.288 e. The molecule has 0 aliphatic rings. The van der Waals surface area contributed by atoms with Crippen LogP contribution in [0.25, 0.3) is 0 Å². The third kappa shape index (κ3) is 2.47. The van der Waals surface area contributed by atoms with Crippen LogP contribution in [0.3, 0.4) is 0 Å². The molecule has 0 fully saturated rings. The molecule has 0 radical (unpaired) electrons. The Kier molecular flexibility index (Phi) is 3.15. The van der Waals surface area contributed by atoms with Gasteiger partial charge < -0.3 is 0 Å². The molecule has 4 nitrogen and oxygen atoms in total. The average molecular weight is 250 g/mol. The molecule has 5 heteroatoms. The normalized spacial score (nSPS) is 10.3. The van der Waals surface area contributed by atoms with E-state index in [-0.39, 0.29) is 5.91 Å². The molecule has 2 aromatic heterocycles. The summed E-state index contributed by atoms with van der Waals surface area (Å²) in [6.07, 6.45) is 1.51. The van der Waals surface area contributed by atoms with Crippen LogP contribution in [0, 0.1) is 13.8 Å². The van der Waals surface area contributed by atoms with Crippen molar-refractivity contribution in [3.8, 4) is 0 Å². The molecule has 0 atom stereocenters. The van der Waals surface area contributed by atoms with Crippen LogP contribution in [0.5, 0.6) is 0 Å². The molecule has 17 heavy (non-hydrogen) atoms. The van der Waals surface area contributed by atoms with E-state index in [0.717, 1.165) is 11.4 Å². The molecule has 0 bridgehead atoms. The van der Waals surface area contributed by atoms with Crippen LogP contribution >= 0.6 is 11.6 Å². The van der Waals surface area contributed by atoms with Crippen molar-refractivity contribution in [3.63, 3.8) is 0 Å². The number of nitrogens with zero attached hydrogens (tertiary/aromatic N) is 2. The van der Waals surface area contributed by atoms with Gasteiger partial charge in [-0.05, 0) is 38.1 Å². The van der Waals surface area contributed by atoms with E-state index in [4.69, 9.17) is 11.6 Å². The first-order chi connectivity index (χ1) is 8.08. The summed E-state index contributed by atoms with van der Waals surface area (Å²) in [7, 11) is 0. The molecule has 0 spiro atoms. The summed E-state index contributed by atoms with van der Waals surface area (Å²) in [5, 5.41) is 0.492. The molecule has 2 heterocycles. The van der Waals surface area contributed by atoms with Crippen molar-refractivity contribution >= 4 is 17.5 Å². The van der Waals surface area contributed by atoms with Crippen molar-refractivity contribution in [2.24, 2.45) is 0 Å². The first-order valence-electron chi connectivity index (χ1n) is 5.16. The van der Waals surface area contributed by atoms with Crippen LogP contribution in [0.15, 0.2) is 30.5 Å². The highest BCUT2D eigenvalue weighted by atomic mass is 35.5. The van der Waals surface area contributed by atoms with Gasteiger partial charge in [-0.1, -0.05) is 11.6 Å². The predicted octanol–water partition coefficient (Wildman–Crippen LogP) is 2.54. The van der Waals surface area contributed by atoms with Crippen molar-refractivity contribution in [1.29, 1.82) is 0 Å². The summed E-state index contributed by atoms with van der Waals surface area (Å²) in [4.78, 5) is 15.9. The van der Waals surface area contributed by atoms with Gasteiger partial charge >= 0.3 is 0 Å². The topological polar surface area (TPSA) is 46.9 Å². The largest absolute Gasteiger partial charge is 0.288 e. The van der Waals surface area contributed by atoms with Crippen molar-refractivity contribution in [1.82, 2.24) is 9.66 Å². The van der Waals surface area contributed by atoms with E-state index in [2.05, 4.69) is 10.4 Å². The second-order valence-corrected chi connectivity index (χ2v) is 4.19. The quantitative estimate of drug-likeness (QED) is 0.889. The summed E-state index contributed by atoms with van der Waals surface area (Å²) in [6.45, 7) is 3.83. The summed E-state index contributed by atoms with van der Waals surface area (Å²) in [6, 6.07) is 7.03. The van der Waals surface area contributed by atoms with Gasteiger partial charge in [0.05, 0.1) is 0 Å². The summed E-state index contributed by atoms with van der Waals surface area (Å²) < 4.78 is 1.71. The van der Waals surface area contributed by atoms with Crippen LogP contribution < -0.4 is 5.43 Å². The Bertz CT molecular complexity index is 543. The van der Waals surface area contributed by atoms with Crippen molar-refractivity contribution in [3.05, 3.63) is 52.6 Å². The fourth-order valence-corrected chi connectivity index (χ4v) is 1.69. The van der Waals surface area contributed by atoms with Gasteiger partial charge in [0.1, 0.15) is 5.69 Å². The van der Waals surface area contributed by atoms with Crippen molar-refractivity contribution in [2.75, 3.05) is 5.43 Å². The summed E-state index contributed by atoms with van der Waals surface area (Å²) in [5.74, 6) is -0.282. The van der Waals surface area contributed by atoms with Crippen molar-refractivity contribution in [2.45, 2.75) is 13.8 Å². The summed E-state index contributed by atoms with van der Waals surface area (Å²) in [5.41, 5.74) is 4.97. The zero-order valence-electron chi connectivity index (χ0n) is 9.57. The predicted molar refractivity (Wildman–Crippen MR) is 66.8 cm³/mol. The number of pyridine rings is 1. The van der Waals surface area contributed by atoms with Gasteiger partial charge in [-0.25, -0.2) is 0 Å². The maximum absolute atomic E-state index is 11.9. The van der Waals surface area contributed by atoms with Gasteiger partial charge in [0.2, 0.25) is 0 Å². The highest BCUT2D eigenvalue weighted by Gasteiger charge is 2.10. The first-order valence-corrected chi connectivity index (χ1v) is 5.53. The van der Waals surface area contributed by atoms with E-state index in [1.165, 1.54) is 12.3 Å². The van der Waals surface area contributed by atoms with Crippen LogP contribution in [0.1, 0.15) is 21.9 Å². The van der Waals surface area contributed by atoms with Gasteiger partial charge in [0.15, 0.2) is 0 Å². The third-order valence-corrected chi connectivity index (χ3v) is 2.67. The number of nitrogens with one attached hydrogen (secondary N) is 1. The Morgan fingerprint density at radius 3 is 2.53 bits per heavy atom. The third-order valence-electron chi connectivity index (χ3n) is 2.44. The lowest BCUT2D eigenvalue weighted by atomic mass is 10.3. The second kappa shape index (κ2) is 4.59. The maximum atomic E-state index is 11.9. The number of aryl methyl sites for hydroxylation is 2. The minimum atomic E-state index is -0.282. The number of hydrogen-bond donors (Lipinski definition) is 1. The van der Waals surface area contributed by atoms with Crippen LogP contribution in [0.4, 0.5) is 0 Å². The SMILES string of the molecule is Cc1ccc(C)n1NC(=O)c1cc(Cl)ccn1. The minimum absolute atomic E-state index is 0.282. The molecule has 0 aromatic carbocycles. The lowest BCUT2D eigenvalue weighted by molar-refractivity contribution is 0.100. The number of hydrogen-bond acceptors (Lipinski definition) is 2. The van der Waals surface area contributed by atoms with E-state index in [0.29, 0.717) is 10.7 Å². The Balaban J connectivity index is 2.23. The van der Waals surface area contributed by atoms with Crippen molar-refractivity contribution < 1.29 is 4.79 Å². The zero-order valence-corrected chi connectivity index (χ0v) is 10.3. The van der Waals surface area contributed by atoms with E-state index in [9.17, 15) is 4.79 Å². The zero-order chi connectivity index (χ0) is 12.4. The van der Waals surface area contributed by atoms with E-state index in [1.54, 1.807) is 10.7 Å². The van der Waals surface area contributed by atoms with Gasteiger partial charge in [0.25, 0.3) is 5.91 Å². The molecule has 0 aliphatic carbocycles. The molecule has 0 unspecified atom stereocenters. The molecule has 1 N–H and O–H groups in total. The van der Waals surface area contributed by atoms with Gasteiger partial charge in [-0.3, -0.25) is 19.9 Å². The number of aromatic nitrogens is 2. The number of amides is 1. The van der Waals surface area contributed by atoms with Gasteiger partial charge in [-0.2, -0.15) is 0 Å². The molecule has 0 saturated carbocycles. The Labute approximate surface area is 104 Å². The van der Waals surface area contributed by atoms with E-state index in [1.807, 2.05) is 26.0 Å². The van der Waals surface area contributed by atoms with Gasteiger partial charge in [0, 0.05) is 22.6 Å². The lowest BCUT2D eigenvalue weighted by Crippen LogP contribution is -2.25. The van der Waals surface area contributed by atoms with E-state index >= 15 is 0 Å². The number of carbonyl (C=O) groups excluding carboxylic acids is 1. The van der Waals surface area contributed by atoms with Crippen LogP contribution in [-0.4, -0.2) is 15.6 Å². The Hall–Kier alpha value is -1.81. The molecule has 88 valence electrons. The standard InChI is InChI=1S/C12H12ClN3O/c1-8-3-4-9(2)16(8)15-12(17)11-7-10(13)5-6-14-11/h3-7H,1-2H3,(H,15,17). The molecular weight excluding hydrogens is 238 g/mol. The first kappa shape index (κ1) is 11.7. The average Bonchev–Trinajstić information content (AvgIpc) is 2.61. The molecule has 1 amide bonds. The fraction of sp³-hybridized carbons (Fsp3) is 0.167. The van der Waals surface area contributed by atoms with E-state index < -0.39 is 0 Å².